The molecule has 1 heterocycles. The Hall–Kier alpha value is -1.89. The molecule has 2 unspecified atom stereocenters. The zero-order valence-electron chi connectivity index (χ0n) is 19.2. The van der Waals surface area contributed by atoms with Crippen LogP contribution in [0.1, 0.15) is 49.7 Å². The van der Waals surface area contributed by atoms with E-state index in [2.05, 4.69) is 26.0 Å². The summed E-state index contributed by atoms with van der Waals surface area (Å²) >= 11 is 0. The molecule has 0 radical (unpaired) electrons. The summed E-state index contributed by atoms with van der Waals surface area (Å²) in [7, 11) is 1.82. The Balaban J connectivity index is 0.00000320. The molecule has 1 aliphatic rings. The van der Waals surface area contributed by atoms with Crippen molar-refractivity contribution in [3.05, 3.63) is 46.8 Å². The molecule has 3 rings (SSSR count). The molecule has 1 fully saturated rings. The number of halogens is 1. The van der Waals surface area contributed by atoms with Gasteiger partial charge in [0.25, 0.3) is 0 Å². The fraction of sp³-hybridized carbons (Fsp3) is 0.565. The number of nitrogens with zero attached hydrogens (tertiary/aromatic N) is 3. The maximum Gasteiger partial charge on any atom is 0.243 e. The van der Waals surface area contributed by atoms with E-state index in [4.69, 9.17) is 15.6 Å². The highest BCUT2D eigenvalue weighted by atomic mass is 35.5. The lowest BCUT2D eigenvalue weighted by Crippen LogP contribution is -2.75. The van der Waals surface area contributed by atoms with Gasteiger partial charge in [0.05, 0.1) is 17.5 Å². The number of hydrogen-bond acceptors (Lipinski definition) is 4. The monoisotopic (exact) mass is 434 g/mol. The molecule has 1 amide bonds. The number of rotatable bonds is 6. The fourth-order valence-electron chi connectivity index (χ4n) is 4.39. The Labute approximate surface area is 186 Å². The SMILES string of the molecule is CCOC1CC(N)(C(=O)N(C)Cc2c(C)nn(-c3ccccc3C)c2C)C1(C)C.Cl. The number of ether oxygens (including phenoxy) is 1. The summed E-state index contributed by atoms with van der Waals surface area (Å²) in [5.74, 6) is -0.0408. The van der Waals surface area contributed by atoms with Crippen molar-refractivity contribution in [2.45, 2.75) is 66.2 Å². The van der Waals surface area contributed by atoms with Gasteiger partial charge in [-0.2, -0.15) is 5.10 Å². The molecule has 1 saturated carbocycles. The second-order valence-electron chi connectivity index (χ2n) is 8.85. The van der Waals surface area contributed by atoms with Gasteiger partial charge in [-0.15, -0.1) is 12.4 Å². The molecule has 6 nitrogen and oxygen atoms in total. The van der Waals surface area contributed by atoms with Crippen molar-refractivity contribution in [3.8, 4) is 5.69 Å². The van der Waals surface area contributed by atoms with E-state index in [0.29, 0.717) is 19.6 Å². The van der Waals surface area contributed by atoms with Crippen molar-refractivity contribution >= 4 is 18.3 Å². The average Bonchev–Trinajstić information content (AvgIpc) is 2.95. The smallest absolute Gasteiger partial charge is 0.243 e. The molecule has 166 valence electrons. The summed E-state index contributed by atoms with van der Waals surface area (Å²) < 4.78 is 7.74. The predicted octanol–water partition coefficient (Wildman–Crippen LogP) is 3.71. The highest BCUT2D eigenvalue weighted by Gasteiger charge is 2.63. The van der Waals surface area contributed by atoms with Crippen LogP contribution in [0.2, 0.25) is 0 Å². The van der Waals surface area contributed by atoms with Crippen LogP contribution in [-0.4, -0.2) is 45.9 Å². The lowest BCUT2D eigenvalue weighted by molar-refractivity contribution is -0.178. The molecule has 2 atom stereocenters. The number of aryl methyl sites for hydroxylation is 2. The van der Waals surface area contributed by atoms with Gasteiger partial charge in [0.1, 0.15) is 5.54 Å². The summed E-state index contributed by atoms with van der Waals surface area (Å²) in [5.41, 5.74) is 10.5. The van der Waals surface area contributed by atoms with E-state index in [1.165, 1.54) is 0 Å². The van der Waals surface area contributed by atoms with Crippen LogP contribution in [0.5, 0.6) is 0 Å². The highest BCUT2D eigenvalue weighted by molar-refractivity contribution is 5.88. The van der Waals surface area contributed by atoms with Crippen molar-refractivity contribution in [1.29, 1.82) is 0 Å². The molecule has 7 heteroatoms. The van der Waals surface area contributed by atoms with Crippen LogP contribution in [-0.2, 0) is 16.1 Å². The van der Waals surface area contributed by atoms with Gasteiger partial charge in [-0.05, 0) is 39.3 Å². The van der Waals surface area contributed by atoms with Crippen LogP contribution in [0.25, 0.3) is 5.69 Å². The molecule has 1 aromatic heterocycles. The molecule has 0 aliphatic heterocycles. The van der Waals surface area contributed by atoms with Crippen LogP contribution in [0, 0.1) is 26.2 Å². The van der Waals surface area contributed by atoms with E-state index in [9.17, 15) is 4.79 Å². The highest BCUT2D eigenvalue weighted by Crippen LogP contribution is 2.50. The van der Waals surface area contributed by atoms with Gasteiger partial charge in [0.15, 0.2) is 0 Å². The van der Waals surface area contributed by atoms with E-state index < -0.39 is 11.0 Å². The summed E-state index contributed by atoms with van der Waals surface area (Å²) in [5, 5.41) is 4.74. The van der Waals surface area contributed by atoms with E-state index >= 15 is 0 Å². The molecule has 30 heavy (non-hydrogen) atoms. The van der Waals surface area contributed by atoms with Crippen molar-refractivity contribution in [2.24, 2.45) is 11.1 Å². The predicted molar refractivity (Wildman–Crippen MR) is 122 cm³/mol. The molecule has 0 bridgehead atoms. The number of carbonyl (C=O) groups excluding carboxylic acids is 1. The minimum atomic E-state index is -0.907. The standard InChI is InChI=1S/C23H34N4O2.ClH/c1-8-29-20-13-23(24,22(20,5)6)21(28)26(7)14-18-16(3)25-27(17(18)4)19-12-10-9-11-15(19)2;/h9-12,20H,8,13-14,24H2,1-7H3;1H. The molecule has 1 aromatic carbocycles. The fourth-order valence-corrected chi connectivity index (χ4v) is 4.39. The average molecular weight is 435 g/mol. The number of benzene rings is 1. The van der Waals surface area contributed by atoms with Crippen molar-refractivity contribution < 1.29 is 9.53 Å². The minimum absolute atomic E-state index is 0. The zero-order valence-corrected chi connectivity index (χ0v) is 20.0. The van der Waals surface area contributed by atoms with Crippen LogP contribution in [0.3, 0.4) is 0 Å². The number of aromatic nitrogens is 2. The molecule has 1 aliphatic carbocycles. The largest absolute Gasteiger partial charge is 0.378 e. The lowest BCUT2D eigenvalue weighted by atomic mass is 9.54. The number of likely N-dealkylation sites (N-methyl/N-ethyl adjacent to an activating group) is 1. The van der Waals surface area contributed by atoms with Crippen LogP contribution in [0.15, 0.2) is 24.3 Å². The lowest BCUT2D eigenvalue weighted by Gasteiger charge is -2.58. The number of hydrogen-bond donors (Lipinski definition) is 1. The molecule has 2 N–H and O–H groups in total. The number of nitrogens with two attached hydrogens (primary N) is 1. The van der Waals surface area contributed by atoms with E-state index in [-0.39, 0.29) is 24.4 Å². The first kappa shape index (κ1) is 24.4. The summed E-state index contributed by atoms with van der Waals surface area (Å²) in [6, 6.07) is 8.17. The first-order valence-electron chi connectivity index (χ1n) is 10.3. The number of para-hydroxylation sites is 1. The van der Waals surface area contributed by atoms with E-state index in [1.54, 1.807) is 4.90 Å². The Morgan fingerprint density at radius 2 is 1.93 bits per heavy atom. The number of carbonyl (C=O) groups is 1. The maximum atomic E-state index is 13.3. The second-order valence-corrected chi connectivity index (χ2v) is 8.85. The third-order valence-electron chi connectivity index (χ3n) is 6.74. The third-order valence-corrected chi connectivity index (χ3v) is 6.74. The van der Waals surface area contributed by atoms with Gasteiger partial charge < -0.3 is 15.4 Å². The van der Waals surface area contributed by atoms with Gasteiger partial charge in [-0.25, -0.2) is 4.68 Å². The third kappa shape index (κ3) is 3.77. The van der Waals surface area contributed by atoms with Crippen molar-refractivity contribution in [3.63, 3.8) is 0 Å². The van der Waals surface area contributed by atoms with E-state index in [0.717, 1.165) is 28.2 Å². The van der Waals surface area contributed by atoms with Crippen LogP contribution < -0.4 is 5.73 Å². The molecule has 0 saturated heterocycles. The maximum absolute atomic E-state index is 13.3. The van der Waals surface area contributed by atoms with Gasteiger partial charge in [-0.3, -0.25) is 4.79 Å². The topological polar surface area (TPSA) is 73.4 Å². The Kier molecular flexibility index (Phi) is 7.06. The normalized spacial score (nSPS) is 22.2. The molecule has 0 spiro atoms. The summed E-state index contributed by atoms with van der Waals surface area (Å²) in [6.45, 7) is 13.2. The quantitative estimate of drug-likeness (QED) is 0.752. The summed E-state index contributed by atoms with van der Waals surface area (Å²) in [4.78, 5) is 15.0. The Bertz CT molecular complexity index is 924. The van der Waals surface area contributed by atoms with Crippen LogP contribution in [0.4, 0.5) is 0 Å². The van der Waals surface area contributed by atoms with Gasteiger partial charge >= 0.3 is 0 Å². The Morgan fingerprint density at radius 3 is 2.50 bits per heavy atom. The molecule has 2 aromatic rings. The molecular weight excluding hydrogens is 400 g/mol. The van der Waals surface area contributed by atoms with Crippen molar-refractivity contribution in [1.82, 2.24) is 14.7 Å². The zero-order chi connectivity index (χ0) is 21.6. The first-order chi connectivity index (χ1) is 13.5. The Morgan fingerprint density at radius 1 is 1.30 bits per heavy atom. The van der Waals surface area contributed by atoms with Gasteiger partial charge in [0, 0.05) is 43.3 Å². The van der Waals surface area contributed by atoms with Crippen LogP contribution >= 0.6 is 12.4 Å². The van der Waals surface area contributed by atoms with E-state index in [1.807, 2.05) is 51.6 Å². The first-order valence-corrected chi connectivity index (χ1v) is 10.3. The second kappa shape index (κ2) is 8.69. The minimum Gasteiger partial charge on any atom is -0.378 e. The van der Waals surface area contributed by atoms with Gasteiger partial charge in [-0.1, -0.05) is 32.0 Å². The number of amides is 1. The summed E-state index contributed by atoms with van der Waals surface area (Å²) in [6.07, 6.45) is 0.569. The van der Waals surface area contributed by atoms with Crippen molar-refractivity contribution in [2.75, 3.05) is 13.7 Å². The molecular formula is C23H35ClN4O2. The van der Waals surface area contributed by atoms with Gasteiger partial charge in [0.2, 0.25) is 5.91 Å².